The van der Waals surface area contributed by atoms with Crippen LogP contribution in [0.3, 0.4) is 0 Å². The molecule has 0 bridgehead atoms. The number of ether oxygens (including phenoxy) is 1. The number of rotatable bonds is 5. The molecular formula is C16H23FN2O2. The van der Waals surface area contributed by atoms with Crippen LogP contribution in [-0.4, -0.2) is 43.6 Å². The van der Waals surface area contributed by atoms with E-state index in [4.69, 9.17) is 4.74 Å². The number of carbonyl (C=O) groups is 1. The number of carbonyl (C=O) groups excluding carboxylic acids is 1. The first-order valence-electron chi connectivity index (χ1n) is 7.40. The number of nitrogens with zero attached hydrogens (tertiary/aromatic N) is 1. The minimum atomic E-state index is -0.261. The summed E-state index contributed by atoms with van der Waals surface area (Å²) in [4.78, 5) is 13.9. The van der Waals surface area contributed by atoms with E-state index in [0.29, 0.717) is 32.2 Å². The number of nitrogens with one attached hydrogen (secondary N) is 1. The van der Waals surface area contributed by atoms with Crippen molar-refractivity contribution in [3.63, 3.8) is 0 Å². The second kappa shape index (κ2) is 7.52. The van der Waals surface area contributed by atoms with E-state index in [1.54, 1.807) is 6.07 Å². The van der Waals surface area contributed by atoms with Gasteiger partial charge in [-0.15, -0.1) is 0 Å². The summed E-state index contributed by atoms with van der Waals surface area (Å²) < 4.78 is 19.0. The molecule has 116 valence electrons. The van der Waals surface area contributed by atoms with Crippen LogP contribution >= 0.6 is 0 Å². The molecule has 1 amide bonds. The number of amides is 1. The molecule has 1 atom stereocenters. The Kier molecular flexibility index (Phi) is 5.70. The SMILES string of the molecule is CC(C)CNC(=O)CN1CCOC(c2cccc(F)c2)C1. The second-order valence-corrected chi connectivity index (χ2v) is 5.85. The zero-order chi connectivity index (χ0) is 15.2. The number of hydrogen-bond acceptors (Lipinski definition) is 3. The first-order chi connectivity index (χ1) is 10.0. The number of halogens is 1. The average molecular weight is 294 g/mol. The molecule has 1 N–H and O–H groups in total. The molecule has 1 saturated heterocycles. The summed E-state index contributed by atoms with van der Waals surface area (Å²) in [6, 6.07) is 6.45. The molecule has 2 rings (SSSR count). The summed E-state index contributed by atoms with van der Waals surface area (Å²) in [6.45, 7) is 7.07. The van der Waals surface area contributed by atoms with E-state index >= 15 is 0 Å². The summed E-state index contributed by atoms with van der Waals surface area (Å²) >= 11 is 0. The van der Waals surface area contributed by atoms with Crippen LogP contribution in [0.15, 0.2) is 24.3 Å². The molecule has 0 saturated carbocycles. The van der Waals surface area contributed by atoms with Gasteiger partial charge in [0.15, 0.2) is 0 Å². The Morgan fingerprint density at radius 2 is 2.33 bits per heavy atom. The highest BCUT2D eigenvalue weighted by atomic mass is 19.1. The molecular weight excluding hydrogens is 271 g/mol. The van der Waals surface area contributed by atoms with Crippen LogP contribution in [0.5, 0.6) is 0 Å². The van der Waals surface area contributed by atoms with Gasteiger partial charge in [-0.05, 0) is 23.6 Å². The molecule has 1 fully saturated rings. The zero-order valence-electron chi connectivity index (χ0n) is 12.6. The average Bonchev–Trinajstić information content (AvgIpc) is 2.45. The molecule has 1 aliphatic heterocycles. The standard InChI is InChI=1S/C16H23FN2O2/c1-12(2)9-18-16(20)11-19-6-7-21-15(10-19)13-4-3-5-14(17)8-13/h3-5,8,12,15H,6-7,9-11H2,1-2H3,(H,18,20). The molecule has 1 aliphatic rings. The van der Waals surface area contributed by atoms with E-state index in [1.807, 2.05) is 6.07 Å². The van der Waals surface area contributed by atoms with Crippen molar-refractivity contribution in [2.24, 2.45) is 5.92 Å². The number of hydrogen-bond donors (Lipinski definition) is 1. The molecule has 1 unspecified atom stereocenters. The largest absolute Gasteiger partial charge is 0.371 e. The van der Waals surface area contributed by atoms with Gasteiger partial charge < -0.3 is 10.1 Å². The van der Waals surface area contributed by atoms with Crippen molar-refractivity contribution in [3.8, 4) is 0 Å². The third-order valence-electron chi connectivity index (χ3n) is 3.45. The lowest BCUT2D eigenvalue weighted by Crippen LogP contribution is -2.44. The summed E-state index contributed by atoms with van der Waals surface area (Å²) in [6.07, 6.45) is -0.174. The predicted octanol–water partition coefficient (Wildman–Crippen LogP) is 1.97. The summed E-state index contributed by atoms with van der Waals surface area (Å²) in [5, 5.41) is 2.91. The van der Waals surface area contributed by atoms with Crippen molar-refractivity contribution in [1.82, 2.24) is 10.2 Å². The first-order valence-corrected chi connectivity index (χ1v) is 7.40. The minimum absolute atomic E-state index is 0.0311. The lowest BCUT2D eigenvalue weighted by molar-refractivity contribution is -0.124. The van der Waals surface area contributed by atoms with Crippen molar-refractivity contribution < 1.29 is 13.9 Å². The molecule has 0 spiro atoms. The van der Waals surface area contributed by atoms with E-state index in [9.17, 15) is 9.18 Å². The fourth-order valence-corrected chi connectivity index (χ4v) is 2.33. The fraction of sp³-hybridized carbons (Fsp3) is 0.562. The minimum Gasteiger partial charge on any atom is -0.371 e. The molecule has 0 aromatic heterocycles. The third-order valence-corrected chi connectivity index (χ3v) is 3.45. The molecule has 0 aliphatic carbocycles. The summed E-state index contributed by atoms with van der Waals surface area (Å²) in [5.41, 5.74) is 0.822. The van der Waals surface area contributed by atoms with E-state index in [2.05, 4.69) is 24.1 Å². The normalized spacial score (nSPS) is 19.7. The molecule has 0 radical (unpaired) electrons. The Morgan fingerprint density at radius 3 is 3.05 bits per heavy atom. The van der Waals surface area contributed by atoms with Crippen molar-refractivity contribution >= 4 is 5.91 Å². The highest BCUT2D eigenvalue weighted by Gasteiger charge is 2.23. The maximum Gasteiger partial charge on any atom is 0.234 e. The number of morpholine rings is 1. The van der Waals surface area contributed by atoms with Crippen LogP contribution in [0.4, 0.5) is 4.39 Å². The summed E-state index contributed by atoms with van der Waals surface area (Å²) in [7, 11) is 0. The Balaban J connectivity index is 1.87. The Hall–Kier alpha value is -1.46. The lowest BCUT2D eigenvalue weighted by Gasteiger charge is -2.32. The van der Waals surface area contributed by atoms with Crippen LogP contribution in [0.1, 0.15) is 25.5 Å². The van der Waals surface area contributed by atoms with Gasteiger partial charge in [-0.1, -0.05) is 26.0 Å². The van der Waals surface area contributed by atoms with Gasteiger partial charge in [-0.3, -0.25) is 9.69 Å². The van der Waals surface area contributed by atoms with Crippen molar-refractivity contribution in [2.75, 3.05) is 32.8 Å². The maximum atomic E-state index is 13.3. The topological polar surface area (TPSA) is 41.6 Å². The summed E-state index contributed by atoms with van der Waals surface area (Å²) in [5.74, 6) is 0.213. The number of benzene rings is 1. The van der Waals surface area contributed by atoms with Crippen LogP contribution in [0.25, 0.3) is 0 Å². The monoisotopic (exact) mass is 294 g/mol. The fourth-order valence-electron chi connectivity index (χ4n) is 2.33. The first kappa shape index (κ1) is 15.9. The molecule has 5 heteroatoms. The van der Waals surface area contributed by atoms with Gasteiger partial charge in [-0.2, -0.15) is 0 Å². The van der Waals surface area contributed by atoms with E-state index in [0.717, 1.165) is 12.1 Å². The Labute approximate surface area is 125 Å². The van der Waals surface area contributed by atoms with Crippen molar-refractivity contribution in [1.29, 1.82) is 0 Å². The highest BCUT2D eigenvalue weighted by Crippen LogP contribution is 2.22. The van der Waals surface area contributed by atoms with Crippen LogP contribution < -0.4 is 5.32 Å². The Morgan fingerprint density at radius 1 is 1.52 bits per heavy atom. The van der Waals surface area contributed by atoms with Gasteiger partial charge in [0.05, 0.1) is 19.3 Å². The van der Waals surface area contributed by atoms with Crippen LogP contribution in [0, 0.1) is 11.7 Å². The van der Waals surface area contributed by atoms with E-state index in [1.165, 1.54) is 12.1 Å². The highest BCUT2D eigenvalue weighted by molar-refractivity contribution is 5.78. The molecule has 4 nitrogen and oxygen atoms in total. The maximum absolute atomic E-state index is 13.3. The lowest BCUT2D eigenvalue weighted by atomic mass is 10.1. The molecule has 21 heavy (non-hydrogen) atoms. The smallest absolute Gasteiger partial charge is 0.234 e. The van der Waals surface area contributed by atoms with Gasteiger partial charge in [-0.25, -0.2) is 4.39 Å². The molecule has 1 heterocycles. The second-order valence-electron chi connectivity index (χ2n) is 5.85. The van der Waals surface area contributed by atoms with Gasteiger partial charge >= 0.3 is 0 Å². The molecule has 1 aromatic carbocycles. The predicted molar refractivity (Wildman–Crippen MR) is 79.4 cm³/mol. The van der Waals surface area contributed by atoms with Crippen molar-refractivity contribution in [2.45, 2.75) is 20.0 Å². The van der Waals surface area contributed by atoms with Gasteiger partial charge in [0.1, 0.15) is 5.82 Å². The Bertz CT molecular complexity index is 479. The van der Waals surface area contributed by atoms with E-state index < -0.39 is 0 Å². The third kappa shape index (κ3) is 5.10. The van der Waals surface area contributed by atoms with Gasteiger partial charge in [0.2, 0.25) is 5.91 Å². The van der Waals surface area contributed by atoms with Gasteiger partial charge in [0.25, 0.3) is 0 Å². The van der Waals surface area contributed by atoms with Gasteiger partial charge in [0, 0.05) is 19.6 Å². The van der Waals surface area contributed by atoms with Crippen LogP contribution in [0.2, 0.25) is 0 Å². The van der Waals surface area contributed by atoms with E-state index in [-0.39, 0.29) is 17.8 Å². The quantitative estimate of drug-likeness (QED) is 0.903. The van der Waals surface area contributed by atoms with Crippen LogP contribution in [-0.2, 0) is 9.53 Å². The van der Waals surface area contributed by atoms with Crippen molar-refractivity contribution in [3.05, 3.63) is 35.6 Å². The zero-order valence-corrected chi connectivity index (χ0v) is 12.6. The molecule has 1 aromatic rings.